The van der Waals surface area contributed by atoms with Crippen LogP contribution in [0.2, 0.25) is 5.28 Å². The number of aryl methyl sites for hydroxylation is 2. The number of carbonyl (C=O) groups is 1. The van der Waals surface area contributed by atoms with Gasteiger partial charge in [-0.25, -0.2) is 13.4 Å². The van der Waals surface area contributed by atoms with Crippen molar-refractivity contribution < 1.29 is 13.2 Å². The molecule has 1 amide bonds. The topological polar surface area (TPSA) is 84.3 Å². The molecule has 2 heterocycles. The molecule has 2 aromatic carbocycles. The van der Waals surface area contributed by atoms with Crippen molar-refractivity contribution in [2.75, 3.05) is 13.1 Å². The van der Waals surface area contributed by atoms with Crippen molar-refractivity contribution in [1.29, 1.82) is 0 Å². The molecule has 33 heavy (non-hydrogen) atoms. The maximum Gasteiger partial charge on any atom is 0.241 e. The normalized spacial score (nSPS) is 16.3. The van der Waals surface area contributed by atoms with Gasteiger partial charge in [0.1, 0.15) is 6.04 Å². The van der Waals surface area contributed by atoms with Crippen LogP contribution in [0.4, 0.5) is 0 Å². The van der Waals surface area contributed by atoms with Gasteiger partial charge in [0, 0.05) is 37.4 Å². The third-order valence-corrected chi connectivity index (χ3v) is 8.25. The Labute approximate surface area is 199 Å². The van der Waals surface area contributed by atoms with E-state index in [1.807, 2.05) is 25.1 Å². The van der Waals surface area contributed by atoms with E-state index in [4.69, 9.17) is 11.6 Å². The molecule has 1 atom stereocenters. The Morgan fingerprint density at radius 3 is 2.55 bits per heavy atom. The van der Waals surface area contributed by atoms with Gasteiger partial charge in [0.05, 0.1) is 4.90 Å². The number of benzene rings is 2. The molecule has 0 radical (unpaired) electrons. The van der Waals surface area contributed by atoms with Crippen LogP contribution in [0.25, 0.3) is 10.8 Å². The van der Waals surface area contributed by atoms with Crippen LogP contribution in [0.5, 0.6) is 0 Å². The average Bonchev–Trinajstić information content (AvgIpc) is 3.21. The minimum atomic E-state index is -3.95. The Balaban J connectivity index is 1.63. The van der Waals surface area contributed by atoms with Crippen molar-refractivity contribution in [3.63, 3.8) is 0 Å². The molecule has 1 saturated heterocycles. The van der Waals surface area contributed by atoms with Gasteiger partial charge in [-0.3, -0.25) is 4.79 Å². The SMILES string of the molecule is Cc1ccc(S(=O)(=O)NC(CCn2ccnc2Cl)C(=O)N2CCC(C)CC2)c2ccccc12. The number of nitrogens with zero attached hydrogens (tertiary/aromatic N) is 3. The summed E-state index contributed by atoms with van der Waals surface area (Å²) in [4.78, 5) is 19.4. The molecule has 7 nitrogen and oxygen atoms in total. The molecule has 176 valence electrons. The van der Waals surface area contributed by atoms with Crippen LogP contribution in [-0.2, 0) is 21.4 Å². The van der Waals surface area contributed by atoms with Gasteiger partial charge in [-0.05, 0) is 60.7 Å². The number of nitrogens with one attached hydrogen (secondary N) is 1. The van der Waals surface area contributed by atoms with E-state index in [0.717, 1.165) is 23.8 Å². The zero-order chi connectivity index (χ0) is 23.6. The smallest absolute Gasteiger partial charge is 0.241 e. The highest BCUT2D eigenvalue weighted by atomic mass is 35.5. The van der Waals surface area contributed by atoms with E-state index in [2.05, 4.69) is 16.6 Å². The number of hydrogen-bond acceptors (Lipinski definition) is 4. The molecule has 0 bridgehead atoms. The second kappa shape index (κ2) is 9.83. The number of imidazole rings is 1. The molecule has 1 aliphatic heterocycles. The largest absolute Gasteiger partial charge is 0.341 e. The lowest BCUT2D eigenvalue weighted by Gasteiger charge is -2.33. The number of amides is 1. The Morgan fingerprint density at radius 2 is 1.88 bits per heavy atom. The van der Waals surface area contributed by atoms with Crippen LogP contribution in [-0.4, -0.2) is 47.9 Å². The highest BCUT2D eigenvalue weighted by molar-refractivity contribution is 7.89. The number of sulfonamides is 1. The van der Waals surface area contributed by atoms with E-state index in [1.165, 1.54) is 0 Å². The molecule has 3 aromatic rings. The second-order valence-corrected chi connectivity index (χ2v) is 10.8. The van der Waals surface area contributed by atoms with Gasteiger partial charge in [0.15, 0.2) is 0 Å². The fraction of sp³-hybridized carbons (Fsp3) is 0.417. The maximum atomic E-state index is 13.5. The van der Waals surface area contributed by atoms with Crippen LogP contribution in [0.1, 0.15) is 31.7 Å². The van der Waals surface area contributed by atoms with E-state index in [9.17, 15) is 13.2 Å². The summed E-state index contributed by atoms with van der Waals surface area (Å²) in [6, 6.07) is 9.91. The van der Waals surface area contributed by atoms with Crippen LogP contribution in [0, 0.1) is 12.8 Å². The summed E-state index contributed by atoms with van der Waals surface area (Å²) < 4.78 is 31.4. The number of rotatable bonds is 7. The highest BCUT2D eigenvalue weighted by Gasteiger charge is 2.31. The first-order valence-corrected chi connectivity index (χ1v) is 13.1. The summed E-state index contributed by atoms with van der Waals surface area (Å²) in [5.41, 5.74) is 0.995. The number of likely N-dealkylation sites (tertiary alicyclic amines) is 1. The summed E-state index contributed by atoms with van der Waals surface area (Å²) in [5, 5.41) is 1.82. The molecular formula is C24H29ClN4O3S. The molecule has 1 aromatic heterocycles. The molecule has 4 rings (SSSR count). The quantitative estimate of drug-likeness (QED) is 0.545. The van der Waals surface area contributed by atoms with Crippen molar-refractivity contribution in [1.82, 2.24) is 19.2 Å². The Hall–Kier alpha value is -2.42. The van der Waals surface area contributed by atoms with Gasteiger partial charge < -0.3 is 9.47 Å². The summed E-state index contributed by atoms with van der Waals surface area (Å²) in [5.74, 6) is 0.367. The number of piperidine rings is 1. The van der Waals surface area contributed by atoms with E-state index < -0.39 is 16.1 Å². The molecule has 1 unspecified atom stereocenters. The number of carbonyl (C=O) groups excluding carboxylic acids is 1. The molecule has 0 saturated carbocycles. The van der Waals surface area contributed by atoms with Gasteiger partial charge in [0.2, 0.25) is 21.2 Å². The first-order valence-electron chi connectivity index (χ1n) is 11.2. The van der Waals surface area contributed by atoms with E-state index >= 15 is 0 Å². The van der Waals surface area contributed by atoms with Crippen molar-refractivity contribution in [3.05, 3.63) is 59.6 Å². The third-order valence-electron chi connectivity index (χ3n) is 6.41. The Morgan fingerprint density at radius 1 is 1.18 bits per heavy atom. The average molecular weight is 489 g/mol. The molecule has 1 aliphatic rings. The van der Waals surface area contributed by atoms with Gasteiger partial charge in [0.25, 0.3) is 0 Å². The predicted octanol–water partition coefficient (Wildman–Crippen LogP) is 3.99. The van der Waals surface area contributed by atoms with Crippen molar-refractivity contribution in [3.8, 4) is 0 Å². The third kappa shape index (κ3) is 5.23. The predicted molar refractivity (Wildman–Crippen MR) is 130 cm³/mol. The molecule has 1 N–H and O–H groups in total. The first-order chi connectivity index (χ1) is 15.8. The summed E-state index contributed by atoms with van der Waals surface area (Å²) >= 11 is 6.09. The highest BCUT2D eigenvalue weighted by Crippen LogP contribution is 2.26. The monoisotopic (exact) mass is 488 g/mol. The lowest BCUT2D eigenvalue weighted by atomic mass is 9.98. The van der Waals surface area contributed by atoms with Crippen LogP contribution >= 0.6 is 11.6 Å². The van der Waals surface area contributed by atoms with Gasteiger partial charge in [-0.2, -0.15) is 4.72 Å². The minimum Gasteiger partial charge on any atom is -0.341 e. The summed E-state index contributed by atoms with van der Waals surface area (Å²) in [7, 11) is -3.95. The van der Waals surface area contributed by atoms with E-state index in [0.29, 0.717) is 36.2 Å². The van der Waals surface area contributed by atoms with Gasteiger partial charge in [-0.1, -0.05) is 37.3 Å². The van der Waals surface area contributed by atoms with Gasteiger partial charge in [-0.15, -0.1) is 0 Å². The zero-order valence-corrected chi connectivity index (χ0v) is 20.4. The van der Waals surface area contributed by atoms with Gasteiger partial charge >= 0.3 is 0 Å². The molecule has 0 spiro atoms. The number of fused-ring (bicyclic) bond motifs is 1. The fourth-order valence-electron chi connectivity index (χ4n) is 4.34. The fourth-order valence-corrected chi connectivity index (χ4v) is 5.97. The molecule has 0 aliphatic carbocycles. The minimum absolute atomic E-state index is 0.175. The number of hydrogen-bond donors (Lipinski definition) is 1. The molecule has 1 fully saturated rings. The van der Waals surface area contributed by atoms with E-state index in [-0.39, 0.29) is 17.2 Å². The number of aromatic nitrogens is 2. The standard InChI is InChI=1S/C24H29ClN4O3S/c1-17-9-13-28(14-10-17)23(30)21(11-15-29-16-12-26-24(29)25)27-33(31,32)22-8-7-18(2)19-5-3-4-6-20(19)22/h3-8,12,16-17,21,27H,9-11,13-15H2,1-2H3. The van der Waals surface area contributed by atoms with Crippen LogP contribution in [0.3, 0.4) is 0 Å². The van der Waals surface area contributed by atoms with Crippen molar-refractivity contribution in [2.45, 2.75) is 50.6 Å². The Kier molecular flexibility index (Phi) is 7.07. The molecule has 9 heteroatoms. The summed E-state index contributed by atoms with van der Waals surface area (Å²) in [6.45, 7) is 5.77. The van der Waals surface area contributed by atoms with Crippen LogP contribution < -0.4 is 4.72 Å². The number of halogens is 1. The zero-order valence-electron chi connectivity index (χ0n) is 18.9. The van der Waals surface area contributed by atoms with Crippen molar-refractivity contribution >= 4 is 38.3 Å². The Bertz CT molecular complexity index is 1250. The van der Waals surface area contributed by atoms with Crippen molar-refractivity contribution in [2.24, 2.45) is 5.92 Å². The maximum absolute atomic E-state index is 13.5. The molecular weight excluding hydrogens is 460 g/mol. The lowest BCUT2D eigenvalue weighted by molar-refractivity contribution is -0.134. The second-order valence-electron chi connectivity index (χ2n) is 8.79. The van der Waals surface area contributed by atoms with Crippen LogP contribution in [0.15, 0.2) is 53.7 Å². The van der Waals surface area contributed by atoms with E-state index in [1.54, 1.807) is 40.1 Å². The lowest BCUT2D eigenvalue weighted by Crippen LogP contribution is -2.50. The summed E-state index contributed by atoms with van der Waals surface area (Å²) in [6.07, 6.45) is 5.40. The first kappa shape index (κ1) is 23.7.